The fourth-order valence-corrected chi connectivity index (χ4v) is 3.58. The molecule has 5 heteroatoms. The van der Waals surface area contributed by atoms with Gasteiger partial charge in [0.2, 0.25) is 5.91 Å². The average Bonchev–Trinajstić information content (AvgIpc) is 2.80. The van der Waals surface area contributed by atoms with Gasteiger partial charge >= 0.3 is 0 Å². The highest BCUT2D eigenvalue weighted by Gasteiger charge is 2.30. The van der Waals surface area contributed by atoms with Crippen LogP contribution in [0.5, 0.6) is 0 Å². The van der Waals surface area contributed by atoms with Crippen molar-refractivity contribution < 1.29 is 4.79 Å². The summed E-state index contributed by atoms with van der Waals surface area (Å²) in [4.78, 5) is 14.6. The van der Waals surface area contributed by atoms with E-state index in [1.165, 1.54) is 32.4 Å². The summed E-state index contributed by atoms with van der Waals surface area (Å²) in [6.45, 7) is 5.45. The average molecular weight is 352 g/mol. The first kappa shape index (κ1) is 15.0. The zero-order chi connectivity index (χ0) is 14.8. The van der Waals surface area contributed by atoms with Crippen LogP contribution in [0.3, 0.4) is 0 Å². The van der Waals surface area contributed by atoms with Crippen LogP contribution in [0.15, 0.2) is 22.7 Å². The Hall–Kier alpha value is -0.910. The summed E-state index contributed by atoms with van der Waals surface area (Å²) in [5.41, 5.74) is 1.96. The molecule has 3 rings (SSSR count). The summed E-state index contributed by atoms with van der Waals surface area (Å²) in [6, 6.07) is 6.21. The van der Waals surface area contributed by atoms with Crippen LogP contribution in [0.2, 0.25) is 0 Å². The number of halogens is 1. The van der Waals surface area contributed by atoms with Crippen molar-refractivity contribution in [2.24, 2.45) is 0 Å². The fourth-order valence-electron chi connectivity index (χ4n) is 3.21. The van der Waals surface area contributed by atoms with Crippen LogP contribution in [0, 0.1) is 0 Å². The molecule has 1 fully saturated rings. The van der Waals surface area contributed by atoms with E-state index in [9.17, 15) is 4.79 Å². The van der Waals surface area contributed by atoms with Gasteiger partial charge in [-0.25, -0.2) is 0 Å². The molecule has 2 unspecified atom stereocenters. The first-order valence-corrected chi connectivity index (χ1v) is 8.52. The molecule has 2 N–H and O–H groups in total. The number of hydrogen-bond donors (Lipinski definition) is 2. The van der Waals surface area contributed by atoms with Gasteiger partial charge in [0.15, 0.2) is 0 Å². The molecule has 0 saturated carbocycles. The molecule has 1 saturated heterocycles. The molecule has 0 bridgehead atoms. The third-order valence-corrected chi connectivity index (χ3v) is 4.97. The number of carbonyl (C=O) groups is 1. The summed E-state index contributed by atoms with van der Waals surface area (Å²) in [7, 11) is 0. The molecule has 2 aliphatic heterocycles. The Labute approximate surface area is 134 Å². The second kappa shape index (κ2) is 6.46. The maximum atomic E-state index is 12.1. The summed E-state index contributed by atoms with van der Waals surface area (Å²) in [5.74, 6) is 0.0499. The Kier molecular flexibility index (Phi) is 4.62. The van der Waals surface area contributed by atoms with E-state index >= 15 is 0 Å². The quantitative estimate of drug-likeness (QED) is 0.876. The summed E-state index contributed by atoms with van der Waals surface area (Å²) in [5, 5.41) is 6.38. The fraction of sp³-hybridized carbons (Fsp3) is 0.562. The minimum Gasteiger partial charge on any atom is -0.324 e. The number of carbonyl (C=O) groups excluding carboxylic acids is 1. The zero-order valence-electron chi connectivity index (χ0n) is 12.4. The van der Waals surface area contributed by atoms with Gasteiger partial charge in [-0.05, 0) is 45.0 Å². The van der Waals surface area contributed by atoms with Crippen molar-refractivity contribution in [2.75, 3.05) is 25.0 Å². The Bertz CT molecular complexity index is 528. The number of amides is 1. The number of rotatable bonds is 4. The van der Waals surface area contributed by atoms with Gasteiger partial charge in [0.05, 0.1) is 0 Å². The van der Waals surface area contributed by atoms with Crippen molar-refractivity contribution in [3.63, 3.8) is 0 Å². The molecule has 4 nitrogen and oxygen atoms in total. The zero-order valence-corrected chi connectivity index (χ0v) is 13.9. The number of anilines is 1. The van der Waals surface area contributed by atoms with E-state index in [1.54, 1.807) is 0 Å². The van der Waals surface area contributed by atoms with Gasteiger partial charge in [0, 0.05) is 28.3 Å². The van der Waals surface area contributed by atoms with E-state index in [4.69, 9.17) is 0 Å². The van der Waals surface area contributed by atoms with Crippen LogP contribution in [0.1, 0.15) is 37.8 Å². The Morgan fingerprint density at radius 2 is 2.14 bits per heavy atom. The monoisotopic (exact) mass is 351 g/mol. The number of benzene rings is 1. The smallest absolute Gasteiger partial charge is 0.246 e. The summed E-state index contributed by atoms with van der Waals surface area (Å²) < 4.78 is 0.990. The van der Waals surface area contributed by atoms with Crippen LogP contribution in [0.4, 0.5) is 5.69 Å². The molecule has 0 spiro atoms. The van der Waals surface area contributed by atoms with E-state index in [0.717, 1.165) is 22.3 Å². The van der Waals surface area contributed by atoms with Gasteiger partial charge in [-0.1, -0.05) is 28.4 Å². The lowest BCUT2D eigenvalue weighted by atomic mass is 10.1. The van der Waals surface area contributed by atoms with E-state index in [1.807, 2.05) is 18.2 Å². The second-order valence-electron chi connectivity index (χ2n) is 6.01. The molecule has 2 atom stereocenters. The highest BCUT2D eigenvalue weighted by Crippen LogP contribution is 2.32. The van der Waals surface area contributed by atoms with Crippen LogP contribution in [-0.4, -0.2) is 36.5 Å². The lowest BCUT2D eigenvalue weighted by Crippen LogP contribution is -2.44. The van der Waals surface area contributed by atoms with Crippen LogP contribution in [0.25, 0.3) is 0 Å². The predicted molar refractivity (Wildman–Crippen MR) is 88.4 cm³/mol. The van der Waals surface area contributed by atoms with Crippen molar-refractivity contribution in [3.05, 3.63) is 28.2 Å². The van der Waals surface area contributed by atoms with E-state index in [0.29, 0.717) is 6.04 Å². The number of nitrogens with one attached hydrogen (secondary N) is 2. The van der Waals surface area contributed by atoms with Crippen LogP contribution < -0.4 is 10.6 Å². The normalized spacial score (nSPS) is 23.7. The first-order valence-electron chi connectivity index (χ1n) is 7.73. The molecule has 2 aliphatic rings. The van der Waals surface area contributed by atoms with E-state index in [-0.39, 0.29) is 11.9 Å². The Morgan fingerprint density at radius 1 is 1.38 bits per heavy atom. The molecule has 21 heavy (non-hydrogen) atoms. The van der Waals surface area contributed by atoms with Crippen molar-refractivity contribution in [1.29, 1.82) is 0 Å². The van der Waals surface area contributed by atoms with E-state index < -0.39 is 0 Å². The topological polar surface area (TPSA) is 44.4 Å². The van der Waals surface area contributed by atoms with Gasteiger partial charge in [-0.15, -0.1) is 0 Å². The molecule has 0 aromatic heterocycles. The highest BCUT2D eigenvalue weighted by atomic mass is 79.9. The number of nitrogens with zero attached hydrogens (tertiary/aromatic N) is 1. The summed E-state index contributed by atoms with van der Waals surface area (Å²) >= 11 is 3.44. The lowest BCUT2D eigenvalue weighted by molar-refractivity contribution is -0.117. The van der Waals surface area contributed by atoms with Crippen molar-refractivity contribution in [3.8, 4) is 0 Å². The molecule has 1 aromatic carbocycles. The van der Waals surface area contributed by atoms with Gasteiger partial charge in [0.1, 0.15) is 6.04 Å². The standard InChI is InChI=1S/C16H22BrN3O/c1-11(20-7-3-2-4-8-20)10-18-15-13-6-5-12(17)9-14(13)19-16(15)21/h5-6,9,11,15,18H,2-4,7-8,10H2,1H3,(H,19,21). The lowest BCUT2D eigenvalue weighted by Gasteiger charge is -2.33. The van der Waals surface area contributed by atoms with Crippen molar-refractivity contribution >= 4 is 27.5 Å². The first-order chi connectivity index (χ1) is 10.1. The second-order valence-corrected chi connectivity index (χ2v) is 6.92. The van der Waals surface area contributed by atoms with Gasteiger partial charge < -0.3 is 10.6 Å². The number of likely N-dealkylation sites (tertiary alicyclic amines) is 1. The van der Waals surface area contributed by atoms with Crippen LogP contribution in [-0.2, 0) is 4.79 Å². The maximum Gasteiger partial charge on any atom is 0.246 e. The maximum absolute atomic E-state index is 12.1. The molecule has 114 valence electrons. The molecular formula is C16H22BrN3O. The minimum absolute atomic E-state index is 0.0499. The highest BCUT2D eigenvalue weighted by molar-refractivity contribution is 9.10. The van der Waals surface area contributed by atoms with Crippen LogP contribution >= 0.6 is 15.9 Å². The SMILES string of the molecule is CC(CNC1C(=O)Nc2cc(Br)ccc21)N1CCCCC1. The Morgan fingerprint density at radius 3 is 2.90 bits per heavy atom. The molecular weight excluding hydrogens is 330 g/mol. The van der Waals surface area contributed by atoms with Crippen molar-refractivity contribution in [1.82, 2.24) is 10.2 Å². The molecule has 0 aliphatic carbocycles. The molecule has 2 heterocycles. The van der Waals surface area contributed by atoms with Crippen molar-refractivity contribution in [2.45, 2.75) is 38.3 Å². The number of fused-ring (bicyclic) bond motifs is 1. The predicted octanol–water partition coefficient (Wildman–Crippen LogP) is 2.91. The van der Waals surface area contributed by atoms with Gasteiger partial charge in [-0.2, -0.15) is 0 Å². The van der Waals surface area contributed by atoms with Gasteiger partial charge in [0.25, 0.3) is 0 Å². The summed E-state index contributed by atoms with van der Waals surface area (Å²) in [6.07, 6.45) is 3.94. The minimum atomic E-state index is -0.222. The number of hydrogen-bond acceptors (Lipinski definition) is 3. The van der Waals surface area contributed by atoms with Gasteiger partial charge in [-0.3, -0.25) is 9.69 Å². The van der Waals surface area contributed by atoms with E-state index in [2.05, 4.69) is 38.4 Å². The largest absolute Gasteiger partial charge is 0.324 e. The molecule has 1 amide bonds. The third kappa shape index (κ3) is 3.30. The number of piperidine rings is 1. The third-order valence-electron chi connectivity index (χ3n) is 4.48. The molecule has 1 aromatic rings. The molecule has 0 radical (unpaired) electrons. The Balaban J connectivity index is 1.62.